The Morgan fingerprint density at radius 1 is 1.14 bits per heavy atom. The summed E-state index contributed by atoms with van der Waals surface area (Å²) in [5.74, 6) is 0.568. The number of methoxy groups -OCH3 is 1. The standard InChI is InChI=1S/C20H24N2O5S2/c1-20(2)18(19(23)21-24)22(12-13-28-20)29(25,26)17-10-6-15(7-11-17)14-4-8-16(27-3)9-5-14/h4-11,18,24H,12-13H2,1-3H3,(H,21,23)/t18-/m0/s1. The van der Waals surface area contributed by atoms with Crippen molar-refractivity contribution in [1.29, 1.82) is 0 Å². The Labute approximate surface area is 175 Å². The lowest BCUT2D eigenvalue weighted by Crippen LogP contribution is -2.61. The van der Waals surface area contributed by atoms with Gasteiger partial charge in [-0.2, -0.15) is 16.1 Å². The maximum atomic E-state index is 13.3. The molecule has 0 saturated carbocycles. The van der Waals surface area contributed by atoms with Crippen LogP contribution in [0.5, 0.6) is 5.75 Å². The molecule has 0 spiro atoms. The zero-order valence-electron chi connectivity index (χ0n) is 16.5. The van der Waals surface area contributed by atoms with E-state index in [-0.39, 0.29) is 11.4 Å². The first kappa shape index (κ1) is 21.6. The molecule has 0 bridgehead atoms. The second kappa shape index (κ2) is 8.35. The first-order chi connectivity index (χ1) is 13.7. The molecule has 0 radical (unpaired) electrons. The predicted molar refractivity (Wildman–Crippen MR) is 113 cm³/mol. The molecule has 1 amide bonds. The summed E-state index contributed by atoms with van der Waals surface area (Å²) in [7, 11) is -2.32. The van der Waals surface area contributed by atoms with Crippen molar-refractivity contribution in [3.8, 4) is 16.9 Å². The van der Waals surface area contributed by atoms with Crippen LogP contribution in [0.25, 0.3) is 11.1 Å². The molecule has 1 heterocycles. The SMILES string of the molecule is COc1ccc(-c2ccc(S(=O)(=O)N3CCSC(C)(C)[C@@H]3C(=O)NO)cc2)cc1. The lowest BCUT2D eigenvalue weighted by Gasteiger charge is -2.43. The molecular weight excluding hydrogens is 412 g/mol. The largest absolute Gasteiger partial charge is 0.497 e. The highest BCUT2D eigenvalue weighted by atomic mass is 32.2. The van der Waals surface area contributed by atoms with Crippen molar-refractivity contribution in [1.82, 2.24) is 9.79 Å². The van der Waals surface area contributed by atoms with E-state index >= 15 is 0 Å². The van der Waals surface area contributed by atoms with Gasteiger partial charge in [0.15, 0.2) is 0 Å². The summed E-state index contributed by atoms with van der Waals surface area (Å²) in [6, 6.07) is 13.0. The molecule has 0 aliphatic carbocycles. The Morgan fingerprint density at radius 2 is 1.69 bits per heavy atom. The van der Waals surface area contributed by atoms with Gasteiger partial charge in [0.25, 0.3) is 5.91 Å². The summed E-state index contributed by atoms with van der Waals surface area (Å²) in [6.45, 7) is 3.78. The van der Waals surface area contributed by atoms with E-state index in [0.717, 1.165) is 16.9 Å². The van der Waals surface area contributed by atoms with Crippen molar-refractivity contribution in [3.63, 3.8) is 0 Å². The van der Waals surface area contributed by atoms with Gasteiger partial charge < -0.3 is 4.74 Å². The molecule has 9 heteroatoms. The monoisotopic (exact) mass is 436 g/mol. The van der Waals surface area contributed by atoms with Gasteiger partial charge in [-0.1, -0.05) is 24.3 Å². The van der Waals surface area contributed by atoms with Gasteiger partial charge in [0.2, 0.25) is 10.0 Å². The fraction of sp³-hybridized carbons (Fsp3) is 0.350. The van der Waals surface area contributed by atoms with Crippen molar-refractivity contribution in [2.45, 2.75) is 29.5 Å². The van der Waals surface area contributed by atoms with E-state index in [1.807, 2.05) is 24.3 Å². The molecule has 1 atom stereocenters. The number of hydrogen-bond acceptors (Lipinski definition) is 6. The van der Waals surface area contributed by atoms with E-state index in [1.54, 1.807) is 38.6 Å². The lowest BCUT2D eigenvalue weighted by molar-refractivity contribution is -0.134. The van der Waals surface area contributed by atoms with Crippen molar-refractivity contribution in [2.24, 2.45) is 0 Å². The summed E-state index contributed by atoms with van der Waals surface area (Å²) in [6.07, 6.45) is 0. The Morgan fingerprint density at radius 3 is 2.21 bits per heavy atom. The number of rotatable bonds is 5. The molecule has 2 aromatic carbocycles. The minimum atomic E-state index is -3.92. The number of carbonyl (C=O) groups is 1. The van der Waals surface area contributed by atoms with Gasteiger partial charge in [-0.05, 0) is 49.2 Å². The molecule has 7 nitrogen and oxygen atoms in total. The Bertz CT molecular complexity index is 973. The number of thioether (sulfide) groups is 1. The van der Waals surface area contributed by atoms with Crippen LogP contribution in [-0.4, -0.2) is 54.0 Å². The average Bonchev–Trinajstić information content (AvgIpc) is 2.72. The smallest absolute Gasteiger partial charge is 0.263 e. The van der Waals surface area contributed by atoms with E-state index in [2.05, 4.69) is 0 Å². The molecular formula is C20H24N2O5S2. The van der Waals surface area contributed by atoms with Gasteiger partial charge in [0.1, 0.15) is 11.8 Å². The van der Waals surface area contributed by atoms with E-state index < -0.39 is 26.7 Å². The number of hydroxylamine groups is 1. The predicted octanol–water partition coefficient (Wildman–Crippen LogP) is 2.75. The number of hydrogen-bond donors (Lipinski definition) is 2. The van der Waals surface area contributed by atoms with Gasteiger partial charge >= 0.3 is 0 Å². The van der Waals surface area contributed by atoms with Crippen LogP contribution in [0.2, 0.25) is 0 Å². The number of amides is 1. The Hall–Kier alpha value is -2.07. The quantitative estimate of drug-likeness (QED) is 0.553. The molecule has 3 rings (SSSR count). The van der Waals surface area contributed by atoms with Crippen LogP contribution < -0.4 is 10.2 Å². The number of benzene rings is 2. The lowest BCUT2D eigenvalue weighted by atomic mass is 10.0. The Balaban J connectivity index is 1.92. The summed E-state index contributed by atoms with van der Waals surface area (Å²) in [4.78, 5) is 12.4. The second-order valence-corrected chi connectivity index (χ2v) is 10.8. The maximum Gasteiger partial charge on any atom is 0.263 e. The third-order valence-electron chi connectivity index (χ3n) is 4.98. The third-order valence-corrected chi connectivity index (χ3v) is 8.21. The van der Waals surface area contributed by atoms with Crippen LogP contribution in [0.1, 0.15) is 13.8 Å². The fourth-order valence-corrected chi connectivity index (χ4v) is 6.57. The van der Waals surface area contributed by atoms with Crippen molar-refractivity contribution in [2.75, 3.05) is 19.4 Å². The van der Waals surface area contributed by atoms with Crippen LogP contribution in [0.4, 0.5) is 0 Å². The third kappa shape index (κ3) is 4.28. The first-order valence-corrected chi connectivity index (χ1v) is 11.5. The molecule has 1 aliphatic rings. The number of carbonyl (C=O) groups excluding carboxylic acids is 1. The molecule has 1 fully saturated rings. The molecule has 2 N–H and O–H groups in total. The zero-order valence-corrected chi connectivity index (χ0v) is 18.1. The summed E-state index contributed by atoms with van der Waals surface area (Å²) in [5, 5.41) is 9.13. The average molecular weight is 437 g/mol. The van der Waals surface area contributed by atoms with Gasteiger partial charge in [0.05, 0.1) is 12.0 Å². The number of nitrogens with zero attached hydrogens (tertiary/aromatic N) is 1. The number of ether oxygens (including phenoxy) is 1. The first-order valence-electron chi connectivity index (χ1n) is 9.05. The van der Waals surface area contributed by atoms with Crippen LogP contribution in [0.15, 0.2) is 53.4 Å². The highest BCUT2D eigenvalue weighted by molar-refractivity contribution is 8.00. The van der Waals surface area contributed by atoms with Crippen molar-refractivity contribution in [3.05, 3.63) is 48.5 Å². The molecule has 2 aromatic rings. The molecule has 156 valence electrons. The van der Waals surface area contributed by atoms with E-state index in [0.29, 0.717) is 5.75 Å². The van der Waals surface area contributed by atoms with Crippen LogP contribution in [0.3, 0.4) is 0 Å². The minimum absolute atomic E-state index is 0.105. The van der Waals surface area contributed by atoms with Crippen molar-refractivity contribution >= 4 is 27.7 Å². The molecule has 1 aliphatic heterocycles. The molecule has 29 heavy (non-hydrogen) atoms. The summed E-state index contributed by atoms with van der Waals surface area (Å²) >= 11 is 1.50. The van der Waals surface area contributed by atoms with E-state index in [1.165, 1.54) is 28.2 Å². The van der Waals surface area contributed by atoms with Crippen molar-refractivity contribution < 1.29 is 23.2 Å². The van der Waals surface area contributed by atoms with Gasteiger partial charge in [-0.15, -0.1) is 0 Å². The maximum absolute atomic E-state index is 13.3. The molecule has 1 saturated heterocycles. The van der Waals surface area contributed by atoms with E-state index in [9.17, 15) is 13.2 Å². The summed E-state index contributed by atoms with van der Waals surface area (Å²) < 4.78 is 32.2. The highest BCUT2D eigenvalue weighted by Gasteiger charge is 2.48. The minimum Gasteiger partial charge on any atom is -0.497 e. The van der Waals surface area contributed by atoms with Crippen LogP contribution in [-0.2, 0) is 14.8 Å². The highest BCUT2D eigenvalue weighted by Crippen LogP contribution is 2.38. The fourth-order valence-electron chi connectivity index (χ4n) is 3.46. The van der Waals surface area contributed by atoms with Crippen LogP contribution >= 0.6 is 11.8 Å². The van der Waals surface area contributed by atoms with Gasteiger partial charge in [-0.3, -0.25) is 10.0 Å². The number of nitrogens with one attached hydrogen (secondary N) is 1. The van der Waals surface area contributed by atoms with Gasteiger partial charge in [0, 0.05) is 17.0 Å². The Kier molecular flexibility index (Phi) is 6.23. The molecule has 0 unspecified atom stereocenters. The summed E-state index contributed by atoms with van der Waals surface area (Å²) in [5.41, 5.74) is 3.41. The topological polar surface area (TPSA) is 95.9 Å². The van der Waals surface area contributed by atoms with Gasteiger partial charge in [-0.25, -0.2) is 13.9 Å². The zero-order chi connectivity index (χ0) is 21.2. The second-order valence-electron chi connectivity index (χ2n) is 7.20. The normalized spacial score (nSPS) is 19.5. The van der Waals surface area contributed by atoms with E-state index in [4.69, 9.17) is 9.94 Å². The molecule has 0 aromatic heterocycles. The number of sulfonamides is 1. The van der Waals surface area contributed by atoms with Crippen LogP contribution in [0, 0.1) is 0 Å².